The molecule has 0 saturated carbocycles. The van der Waals surface area contributed by atoms with Crippen molar-refractivity contribution in [1.29, 1.82) is 0 Å². The summed E-state index contributed by atoms with van der Waals surface area (Å²) in [6, 6.07) is 2.41. The minimum Gasteiger partial charge on any atom is -0.333 e. The van der Waals surface area contributed by atoms with Gasteiger partial charge in [0.2, 0.25) is 0 Å². The predicted molar refractivity (Wildman–Crippen MR) is 90.0 cm³/mol. The number of aryl methyl sites for hydroxylation is 1. The Morgan fingerprint density at radius 2 is 2.12 bits per heavy atom. The van der Waals surface area contributed by atoms with Gasteiger partial charge in [0.25, 0.3) is 5.91 Å². The topological polar surface area (TPSA) is 45.2 Å². The van der Waals surface area contributed by atoms with E-state index in [2.05, 4.69) is 10.3 Å². The van der Waals surface area contributed by atoms with E-state index < -0.39 is 11.9 Å². The highest BCUT2D eigenvalue weighted by Crippen LogP contribution is 2.34. The van der Waals surface area contributed by atoms with Gasteiger partial charge in [0.1, 0.15) is 10.5 Å². The van der Waals surface area contributed by atoms with Gasteiger partial charge in [0, 0.05) is 31.1 Å². The molecule has 1 aliphatic rings. The van der Waals surface area contributed by atoms with Crippen LogP contribution in [0, 0.1) is 6.92 Å². The molecule has 9 heteroatoms. The Hall–Kier alpha value is -1.38. The number of alkyl halides is 3. The van der Waals surface area contributed by atoms with Gasteiger partial charge in [0.15, 0.2) is 0 Å². The van der Waals surface area contributed by atoms with Crippen LogP contribution >= 0.6 is 23.7 Å². The van der Waals surface area contributed by atoms with E-state index in [9.17, 15) is 18.0 Å². The van der Waals surface area contributed by atoms with Crippen molar-refractivity contribution >= 4 is 39.9 Å². The second-order valence-corrected chi connectivity index (χ2v) is 6.65. The molecular weight excluding hydrogens is 363 g/mol. The lowest BCUT2D eigenvalue weighted by Gasteiger charge is -2.33. The van der Waals surface area contributed by atoms with Crippen molar-refractivity contribution in [3.8, 4) is 0 Å². The normalized spacial score (nSPS) is 18.5. The van der Waals surface area contributed by atoms with Gasteiger partial charge in [-0.25, -0.2) is 4.98 Å². The first kappa shape index (κ1) is 19.0. The minimum atomic E-state index is -4.48. The Labute approximate surface area is 147 Å². The van der Waals surface area contributed by atoms with Crippen molar-refractivity contribution < 1.29 is 18.0 Å². The van der Waals surface area contributed by atoms with Crippen LogP contribution in [-0.4, -0.2) is 41.5 Å². The van der Waals surface area contributed by atoms with E-state index in [4.69, 9.17) is 0 Å². The molecule has 1 N–H and O–H groups in total. The van der Waals surface area contributed by atoms with Gasteiger partial charge in [-0.1, -0.05) is 0 Å². The second kappa shape index (κ2) is 6.85. The van der Waals surface area contributed by atoms with Crippen molar-refractivity contribution in [3.63, 3.8) is 0 Å². The summed E-state index contributed by atoms with van der Waals surface area (Å²) in [6.45, 7) is 5.73. The number of hydrogen-bond acceptors (Lipinski definition) is 4. The molecule has 1 fully saturated rings. The quantitative estimate of drug-likeness (QED) is 0.825. The molecule has 1 amide bonds. The highest BCUT2D eigenvalue weighted by Gasteiger charge is 2.33. The number of thiophene rings is 1. The lowest BCUT2D eigenvalue weighted by Crippen LogP contribution is -2.52. The average Bonchev–Trinajstić information content (AvgIpc) is 2.83. The van der Waals surface area contributed by atoms with E-state index >= 15 is 0 Å². The lowest BCUT2D eigenvalue weighted by atomic mass is 10.1. The number of rotatable bonds is 1. The Morgan fingerprint density at radius 1 is 1.42 bits per heavy atom. The number of carbonyl (C=O) groups excluding carboxylic acids is 1. The largest absolute Gasteiger partial charge is 0.433 e. The zero-order valence-corrected chi connectivity index (χ0v) is 14.7. The first-order chi connectivity index (χ1) is 10.8. The summed E-state index contributed by atoms with van der Waals surface area (Å²) in [6.07, 6.45) is -4.48. The third-order valence-electron chi connectivity index (χ3n) is 4.05. The second-order valence-electron chi connectivity index (χ2n) is 5.65. The molecule has 1 atom stereocenters. The zero-order valence-electron chi connectivity index (χ0n) is 13.1. The van der Waals surface area contributed by atoms with Crippen LogP contribution in [0.4, 0.5) is 13.2 Å². The number of halogens is 4. The Kier molecular flexibility index (Phi) is 5.41. The number of amides is 1. The number of hydrogen-bond donors (Lipinski definition) is 1. The van der Waals surface area contributed by atoms with Gasteiger partial charge < -0.3 is 10.2 Å². The highest BCUT2D eigenvalue weighted by molar-refractivity contribution is 7.20. The molecule has 2 aromatic heterocycles. The van der Waals surface area contributed by atoms with Crippen LogP contribution in [0.5, 0.6) is 0 Å². The number of nitrogens with one attached hydrogen (secondary N) is 1. The summed E-state index contributed by atoms with van der Waals surface area (Å²) in [7, 11) is 0. The van der Waals surface area contributed by atoms with Crippen molar-refractivity contribution in [3.05, 3.63) is 28.3 Å². The Morgan fingerprint density at radius 3 is 2.75 bits per heavy atom. The molecule has 3 heterocycles. The van der Waals surface area contributed by atoms with E-state index in [1.54, 1.807) is 11.8 Å². The van der Waals surface area contributed by atoms with Gasteiger partial charge in [0.05, 0.1) is 4.88 Å². The van der Waals surface area contributed by atoms with Crippen molar-refractivity contribution in [1.82, 2.24) is 15.2 Å². The number of piperazine rings is 1. The van der Waals surface area contributed by atoms with E-state index in [-0.39, 0.29) is 29.2 Å². The maximum atomic E-state index is 12.8. The van der Waals surface area contributed by atoms with E-state index in [1.807, 2.05) is 6.92 Å². The van der Waals surface area contributed by atoms with Crippen LogP contribution in [0.25, 0.3) is 10.2 Å². The number of carbonyl (C=O) groups is 1. The van der Waals surface area contributed by atoms with Gasteiger partial charge in [-0.05, 0) is 31.5 Å². The number of nitrogens with zero attached hydrogens (tertiary/aromatic N) is 2. The van der Waals surface area contributed by atoms with E-state index in [0.29, 0.717) is 28.9 Å². The number of aromatic nitrogens is 1. The maximum absolute atomic E-state index is 12.8. The molecule has 1 unspecified atom stereocenters. The summed E-state index contributed by atoms with van der Waals surface area (Å²) in [5.41, 5.74) is -0.234. The smallest absolute Gasteiger partial charge is 0.333 e. The van der Waals surface area contributed by atoms with Crippen LogP contribution in [0.2, 0.25) is 0 Å². The van der Waals surface area contributed by atoms with Gasteiger partial charge >= 0.3 is 6.18 Å². The zero-order chi connectivity index (χ0) is 16.8. The highest BCUT2D eigenvalue weighted by atomic mass is 35.5. The number of fused-ring (bicyclic) bond motifs is 1. The van der Waals surface area contributed by atoms with E-state index in [0.717, 1.165) is 23.9 Å². The third-order valence-corrected chi connectivity index (χ3v) is 5.24. The average molecular weight is 380 g/mol. The molecule has 0 bridgehead atoms. The molecule has 0 aliphatic carbocycles. The van der Waals surface area contributed by atoms with Crippen LogP contribution in [0.1, 0.15) is 27.9 Å². The molecule has 0 spiro atoms. The Balaban J connectivity index is 0.00000208. The summed E-state index contributed by atoms with van der Waals surface area (Å²) < 4.78 is 38.4. The molecule has 24 heavy (non-hydrogen) atoms. The molecule has 4 nitrogen and oxygen atoms in total. The molecular formula is C15H17ClF3N3OS. The fourth-order valence-electron chi connectivity index (χ4n) is 2.73. The van der Waals surface area contributed by atoms with Crippen LogP contribution in [-0.2, 0) is 6.18 Å². The van der Waals surface area contributed by atoms with Crippen LogP contribution in [0.3, 0.4) is 0 Å². The van der Waals surface area contributed by atoms with Crippen LogP contribution < -0.4 is 5.32 Å². The van der Waals surface area contributed by atoms with Gasteiger partial charge in [-0.15, -0.1) is 23.7 Å². The molecule has 2 aromatic rings. The van der Waals surface area contributed by atoms with E-state index in [1.165, 1.54) is 6.07 Å². The van der Waals surface area contributed by atoms with Crippen LogP contribution in [0.15, 0.2) is 12.1 Å². The molecule has 0 radical (unpaired) electrons. The van der Waals surface area contributed by atoms with Gasteiger partial charge in [-0.3, -0.25) is 4.79 Å². The third kappa shape index (κ3) is 3.36. The fourth-order valence-corrected chi connectivity index (χ4v) is 3.87. The standard InChI is InChI=1S/C15H16F3N3OS.ClH/c1-8-7-19-5-6-21(8)14(22)12-9(2)10-3-4-11(15(16,17)18)20-13(10)23-12;/h3-4,8,19H,5-7H2,1-2H3;1H. The minimum absolute atomic E-state index is 0. The first-order valence-electron chi connectivity index (χ1n) is 7.28. The SMILES string of the molecule is Cc1c(C(=O)N2CCNCC2C)sc2nc(C(F)(F)F)ccc12.Cl. The summed E-state index contributed by atoms with van der Waals surface area (Å²) in [4.78, 5) is 18.9. The monoisotopic (exact) mass is 379 g/mol. The molecule has 1 aliphatic heterocycles. The summed E-state index contributed by atoms with van der Waals surface area (Å²) >= 11 is 1.04. The summed E-state index contributed by atoms with van der Waals surface area (Å²) in [5, 5.41) is 3.81. The predicted octanol–water partition coefficient (Wildman–Crippen LogP) is 3.48. The molecule has 3 rings (SSSR count). The molecule has 0 aromatic carbocycles. The number of pyridine rings is 1. The first-order valence-corrected chi connectivity index (χ1v) is 8.09. The fraction of sp³-hybridized carbons (Fsp3) is 0.467. The lowest BCUT2D eigenvalue weighted by molar-refractivity contribution is -0.140. The molecule has 132 valence electrons. The summed E-state index contributed by atoms with van der Waals surface area (Å²) in [5.74, 6) is -0.131. The van der Waals surface area contributed by atoms with Crippen molar-refractivity contribution in [2.45, 2.75) is 26.1 Å². The maximum Gasteiger partial charge on any atom is 0.433 e. The van der Waals surface area contributed by atoms with Crippen molar-refractivity contribution in [2.75, 3.05) is 19.6 Å². The van der Waals surface area contributed by atoms with Crippen molar-refractivity contribution in [2.24, 2.45) is 0 Å². The van der Waals surface area contributed by atoms with Gasteiger partial charge in [-0.2, -0.15) is 13.2 Å². The molecule has 1 saturated heterocycles. The Bertz CT molecular complexity index is 762.